The molecule has 8 nitrogen and oxygen atoms in total. The number of hydrogen-bond acceptors (Lipinski definition) is 7. The van der Waals surface area contributed by atoms with Gasteiger partial charge in [-0.1, -0.05) is 29.8 Å². The maximum Gasteiger partial charge on any atom is 0.293 e. The molecule has 3 aromatic carbocycles. The Hall–Kier alpha value is -3.30. The fourth-order valence-electron chi connectivity index (χ4n) is 5.24. The molecule has 0 aliphatic carbocycles. The van der Waals surface area contributed by atoms with E-state index in [0.717, 1.165) is 43.2 Å². The number of anilines is 2. The van der Waals surface area contributed by atoms with Gasteiger partial charge in [0, 0.05) is 42.5 Å². The normalized spacial score (nSPS) is 23.2. The fourth-order valence-corrected chi connectivity index (χ4v) is 5.37. The summed E-state index contributed by atoms with van der Waals surface area (Å²) in [5, 5.41) is 0.646. The van der Waals surface area contributed by atoms with Crippen molar-refractivity contribution >= 4 is 28.9 Å². The minimum absolute atomic E-state index is 0.190. The van der Waals surface area contributed by atoms with Crippen LogP contribution in [0.25, 0.3) is 0 Å². The van der Waals surface area contributed by atoms with Gasteiger partial charge in [-0.15, -0.1) is 0 Å². The molecule has 0 N–H and O–H groups in total. The largest absolute Gasteiger partial charge is 0.497 e. The minimum atomic E-state index is -1.43. The van der Waals surface area contributed by atoms with E-state index < -0.39 is 5.79 Å². The van der Waals surface area contributed by atoms with Crippen LogP contribution in [0.3, 0.4) is 0 Å². The highest BCUT2D eigenvalue weighted by Crippen LogP contribution is 2.47. The van der Waals surface area contributed by atoms with Crippen molar-refractivity contribution in [1.82, 2.24) is 4.90 Å². The molecule has 38 heavy (non-hydrogen) atoms. The predicted octanol–water partition coefficient (Wildman–Crippen LogP) is 4.12. The van der Waals surface area contributed by atoms with Crippen molar-refractivity contribution in [3.05, 3.63) is 83.4 Å². The summed E-state index contributed by atoms with van der Waals surface area (Å²) in [5.74, 6) is -0.0874. The second kappa shape index (κ2) is 10.5. The number of piperazine rings is 1. The Balaban J connectivity index is 1.11. The molecule has 3 aliphatic heterocycles. The van der Waals surface area contributed by atoms with Gasteiger partial charge in [0.05, 0.1) is 26.1 Å². The molecule has 1 amide bonds. The van der Waals surface area contributed by atoms with Crippen LogP contribution in [0.1, 0.15) is 5.56 Å². The molecule has 2 saturated heterocycles. The van der Waals surface area contributed by atoms with Crippen molar-refractivity contribution in [1.29, 1.82) is 0 Å². The number of carbonyl (C=O) groups excluding carboxylic acids is 1. The van der Waals surface area contributed by atoms with E-state index in [-0.39, 0.29) is 25.2 Å². The van der Waals surface area contributed by atoms with Crippen LogP contribution in [0.5, 0.6) is 11.5 Å². The lowest BCUT2D eigenvalue weighted by Gasteiger charge is -2.38. The number of hydrogen-bond donors (Lipinski definition) is 0. The number of carbonyl (C=O) groups is 1. The van der Waals surface area contributed by atoms with Crippen LogP contribution in [0.4, 0.5) is 11.4 Å². The smallest absolute Gasteiger partial charge is 0.293 e. The van der Waals surface area contributed by atoms with Gasteiger partial charge < -0.3 is 23.8 Å². The number of benzene rings is 3. The molecule has 0 saturated carbocycles. The van der Waals surface area contributed by atoms with E-state index in [9.17, 15) is 4.79 Å². The number of nitrogens with zero attached hydrogens (tertiary/aromatic N) is 3. The van der Waals surface area contributed by atoms with Crippen molar-refractivity contribution in [2.45, 2.75) is 11.9 Å². The number of fused-ring (bicyclic) bond motifs is 2. The Morgan fingerprint density at radius 3 is 2.39 bits per heavy atom. The lowest BCUT2D eigenvalue weighted by Crippen LogP contribution is -2.52. The van der Waals surface area contributed by atoms with Crippen molar-refractivity contribution in [2.24, 2.45) is 0 Å². The summed E-state index contributed by atoms with van der Waals surface area (Å²) in [7, 11) is 1.67. The van der Waals surface area contributed by atoms with Gasteiger partial charge in [0.2, 0.25) is 0 Å². The van der Waals surface area contributed by atoms with Crippen molar-refractivity contribution in [3.63, 3.8) is 0 Å². The Morgan fingerprint density at radius 1 is 0.947 bits per heavy atom. The number of amides is 1. The van der Waals surface area contributed by atoms with Crippen LogP contribution in [0.2, 0.25) is 5.02 Å². The zero-order chi connectivity index (χ0) is 26.1. The first-order valence-electron chi connectivity index (χ1n) is 12.8. The van der Waals surface area contributed by atoms with Gasteiger partial charge in [0.25, 0.3) is 11.7 Å². The van der Waals surface area contributed by atoms with Crippen molar-refractivity contribution in [2.75, 3.05) is 63.0 Å². The third kappa shape index (κ3) is 4.69. The Labute approximate surface area is 227 Å². The third-order valence-electron chi connectivity index (χ3n) is 7.28. The molecule has 0 unspecified atom stereocenters. The van der Waals surface area contributed by atoms with Gasteiger partial charge in [0.15, 0.2) is 0 Å². The van der Waals surface area contributed by atoms with E-state index in [1.165, 1.54) is 5.69 Å². The van der Waals surface area contributed by atoms with E-state index in [1.807, 2.05) is 36.4 Å². The first-order chi connectivity index (χ1) is 18.6. The zero-order valence-corrected chi connectivity index (χ0v) is 22.0. The summed E-state index contributed by atoms with van der Waals surface area (Å²) < 4.78 is 23.6. The highest BCUT2D eigenvalue weighted by atomic mass is 35.5. The van der Waals surface area contributed by atoms with Crippen LogP contribution in [0.15, 0.2) is 72.8 Å². The molecule has 0 aromatic heterocycles. The highest BCUT2D eigenvalue weighted by molar-refractivity contribution is 6.30. The second-order valence-corrected chi connectivity index (χ2v) is 10.1. The predicted molar refractivity (Wildman–Crippen MR) is 145 cm³/mol. The molecule has 2 fully saturated rings. The van der Waals surface area contributed by atoms with Crippen LogP contribution in [-0.2, 0) is 20.1 Å². The average molecular weight is 536 g/mol. The second-order valence-electron chi connectivity index (χ2n) is 9.63. The van der Waals surface area contributed by atoms with Crippen LogP contribution in [-0.4, -0.2) is 70.1 Å². The molecule has 3 aromatic rings. The van der Waals surface area contributed by atoms with Crippen molar-refractivity contribution < 1.29 is 23.7 Å². The minimum Gasteiger partial charge on any atom is -0.497 e. The monoisotopic (exact) mass is 535 g/mol. The molecule has 6 rings (SSSR count). The van der Waals surface area contributed by atoms with Gasteiger partial charge in [0.1, 0.15) is 24.2 Å². The first kappa shape index (κ1) is 25.0. The molecule has 2 atom stereocenters. The summed E-state index contributed by atoms with van der Waals surface area (Å²) in [6.07, 6.45) is -0.379. The van der Waals surface area contributed by atoms with E-state index in [2.05, 4.69) is 21.9 Å². The summed E-state index contributed by atoms with van der Waals surface area (Å²) >= 11 is 5.96. The molecular weight excluding hydrogens is 506 g/mol. The lowest BCUT2D eigenvalue weighted by atomic mass is 10.1. The number of halogens is 1. The summed E-state index contributed by atoms with van der Waals surface area (Å²) in [6.45, 7) is 4.44. The van der Waals surface area contributed by atoms with Gasteiger partial charge in [-0.05, 0) is 54.6 Å². The quantitative estimate of drug-likeness (QED) is 0.451. The maximum absolute atomic E-state index is 13.8. The van der Waals surface area contributed by atoms with Gasteiger partial charge >= 0.3 is 0 Å². The molecule has 0 radical (unpaired) electrons. The molecule has 198 valence electrons. The SMILES string of the molecule is COc1ccc(N2CCN(CN3C(=O)[C@]4(OC[C@@H](COc5ccc(Cl)cc5)O4)c4ccccc43)CC2)cc1. The number of rotatable bonds is 7. The highest BCUT2D eigenvalue weighted by Gasteiger charge is 2.58. The molecule has 3 heterocycles. The average Bonchev–Trinajstić information content (AvgIpc) is 3.49. The summed E-state index contributed by atoms with van der Waals surface area (Å²) in [5.41, 5.74) is 2.75. The van der Waals surface area contributed by atoms with Gasteiger partial charge in [-0.3, -0.25) is 14.6 Å². The number of methoxy groups -OCH3 is 1. The van der Waals surface area contributed by atoms with Crippen LogP contribution < -0.4 is 19.3 Å². The topological polar surface area (TPSA) is 63.7 Å². The molecule has 1 spiro atoms. The Morgan fingerprint density at radius 2 is 1.66 bits per heavy atom. The first-order valence-corrected chi connectivity index (χ1v) is 13.2. The van der Waals surface area contributed by atoms with Gasteiger partial charge in [-0.25, -0.2) is 0 Å². The van der Waals surface area contributed by atoms with E-state index >= 15 is 0 Å². The van der Waals surface area contributed by atoms with E-state index in [4.69, 9.17) is 30.5 Å². The Bertz CT molecular complexity index is 1280. The number of para-hydroxylation sites is 1. The summed E-state index contributed by atoms with van der Waals surface area (Å²) in [6, 6.07) is 23.0. The fraction of sp³-hybridized carbons (Fsp3) is 0.345. The van der Waals surface area contributed by atoms with Gasteiger partial charge in [-0.2, -0.15) is 0 Å². The third-order valence-corrected chi connectivity index (χ3v) is 7.53. The molecule has 0 bridgehead atoms. The van der Waals surface area contributed by atoms with Crippen molar-refractivity contribution in [3.8, 4) is 11.5 Å². The number of ether oxygens (including phenoxy) is 4. The van der Waals surface area contributed by atoms with Crippen LogP contribution in [0, 0.1) is 0 Å². The molecular formula is C29H30ClN3O5. The van der Waals surface area contributed by atoms with E-state index in [1.54, 1.807) is 36.3 Å². The maximum atomic E-state index is 13.8. The zero-order valence-electron chi connectivity index (χ0n) is 21.2. The Kier molecular flexibility index (Phi) is 6.88. The van der Waals surface area contributed by atoms with Crippen LogP contribution >= 0.6 is 11.6 Å². The summed E-state index contributed by atoms with van der Waals surface area (Å²) in [4.78, 5) is 20.3. The molecule has 3 aliphatic rings. The molecule has 9 heteroatoms. The lowest BCUT2D eigenvalue weighted by molar-refractivity contribution is -0.187. The standard InChI is InChI=1S/C29H30ClN3O5/c1-35-23-12-8-22(9-13-23)32-16-14-31(15-17-32)20-33-27-5-3-2-4-26(27)29(28(33)34)37-19-25(38-29)18-36-24-10-6-21(30)7-11-24/h2-13,25H,14-20H2,1H3/t25-,29+/m1/s1. The van der Waals surface area contributed by atoms with E-state index in [0.29, 0.717) is 17.4 Å².